The molecule has 0 radical (unpaired) electrons. The van der Waals surface area contributed by atoms with Crippen molar-refractivity contribution >= 4 is 11.8 Å². The van der Waals surface area contributed by atoms with Gasteiger partial charge in [-0.2, -0.15) is 5.48 Å². The lowest BCUT2D eigenvalue weighted by molar-refractivity contribution is -0.335. The Morgan fingerprint density at radius 2 is 1.85 bits per heavy atom. The fraction of sp³-hybridized carbons (Fsp3) is 0.857. The second-order valence-corrected chi connectivity index (χ2v) is 5.90. The lowest BCUT2D eigenvalue weighted by Gasteiger charge is -2.46. The minimum absolute atomic E-state index is 0.0701. The molecule has 1 fully saturated rings. The number of carbonyl (C=O) groups is 2. The molecule has 1 saturated heterocycles. The number of aliphatic hydroxyl groups is 5. The van der Waals surface area contributed by atoms with Crippen LogP contribution in [-0.2, 0) is 19.1 Å². The first-order valence-electron chi connectivity index (χ1n) is 8.08. The van der Waals surface area contributed by atoms with Crippen LogP contribution in [0.5, 0.6) is 0 Å². The highest BCUT2D eigenvalue weighted by molar-refractivity contribution is 5.90. The summed E-state index contributed by atoms with van der Waals surface area (Å²) in [4.78, 5) is 24.4. The molecule has 0 aromatic carbocycles. The largest absolute Gasteiger partial charge is 0.421 e. The zero-order valence-electron chi connectivity index (χ0n) is 14.0. The SMILES string of the molecule is NCCCC[C@H](NO)C(=O)OC1(C(=O)CO)O[C@H](CO)[C@H](O)[C@H](O)[C@H]1O. The van der Waals surface area contributed by atoms with Crippen LogP contribution < -0.4 is 11.2 Å². The number of nitrogens with two attached hydrogens (primary N) is 1. The van der Waals surface area contributed by atoms with Crippen molar-refractivity contribution in [2.45, 2.75) is 55.5 Å². The number of unbranched alkanes of at least 4 members (excludes halogenated alkanes) is 1. The van der Waals surface area contributed by atoms with Crippen molar-refractivity contribution in [1.29, 1.82) is 0 Å². The Balaban J connectivity index is 3.08. The Morgan fingerprint density at radius 1 is 1.19 bits per heavy atom. The molecule has 0 saturated carbocycles. The van der Waals surface area contributed by atoms with Gasteiger partial charge in [0.15, 0.2) is 6.10 Å². The standard InChI is InChI=1S/C14H26N2O10/c15-4-2-1-3-7(16-24)13(23)26-14(9(19)6-18)12(22)11(21)10(20)8(5-17)25-14/h7-8,10-12,16-18,20-22,24H,1-6,15H2/t7-,8+,10-,11-,12+,14?/m0/s1. The van der Waals surface area contributed by atoms with Crippen LogP contribution in [0.2, 0.25) is 0 Å². The molecule has 1 aliphatic heterocycles. The number of hydroxylamine groups is 1. The number of ether oxygens (including phenoxy) is 2. The van der Waals surface area contributed by atoms with Crippen LogP contribution in [0.4, 0.5) is 0 Å². The summed E-state index contributed by atoms with van der Waals surface area (Å²) < 4.78 is 9.99. The monoisotopic (exact) mass is 382 g/mol. The number of carbonyl (C=O) groups excluding carboxylic acids is 2. The number of rotatable bonds is 10. The zero-order valence-corrected chi connectivity index (χ0v) is 14.0. The van der Waals surface area contributed by atoms with Gasteiger partial charge in [0, 0.05) is 0 Å². The number of aliphatic hydroxyl groups excluding tert-OH is 5. The van der Waals surface area contributed by atoms with Crippen molar-refractivity contribution in [3.05, 3.63) is 0 Å². The van der Waals surface area contributed by atoms with Gasteiger partial charge in [0.2, 0.25) is 5.78 Å². The summed E-state index contributed by atoms with van der Waals surface area (Å²) in [6.45, 7) is -1.75. The predicted molar refractivity (Wildman–Crippen MR) is 82.5 cm³/mol. The quantitative estimate of drug-likeness (QED) is 0.102. The van der Waals surface area contributed by atoms with Crippen molar-refractivity contribution in [2.24, 2.45) is 5.73 Å². The van der Waals surface area contributed by atoms with Crippen LogP contribution in [0, 0.1) is 0 Å². The van der Waals surface area contributed by atoms with Crippen LogP contribution in [0.3, 0.4) is 0 Å². The molecule has 1 unspecified atom stereocenters. The van der Waals surface area contributed by atoms with Crippen molar-refractivity contribution < 1.29 is 49.8 Å². The van der Waals surface area contributed by atoms with Crippen LogP contribution in [0.25, 0.3) is 0 Å². The van der Waals surface area contributed by atoms with Gasteiger partial charge in [0.1, 0.15) is 31.0 Å². The Kier molecular flexibility index (Phi) is 8.95. The molecular weight excluding hydrogens is 356 g/mol. The lowest BCUT2D eigenvalue weighted by Crippen LogP contribution is -2.70. The van der Waals surface area contributed by atoms with E-state index in [-0.39, 0.29) is 6.42 Å². The van der Waals surface area contributed by atoms with E-state index in [2.05, 4.69) is 0 Å². The van der Waals surface area contributed by atoms with E-state index in [4.69, 9.17) is 25.5 Å². The fourth-order valence-electron chi connectivity index (χ4n) is 2.57. The third-order valence-corrected chi connectivity index (χ3v) is 4.12. The summed E-state index contributed by atoms with van der Waals surface area (Å²) in [7, 11) is 0. The normalized spacial score (nSPS) is 32.9. The maximum Gasteiger partial charge on any atom is 0.328 e. The van der Waals surface area contributed by atoms with Crippen molar-refractivity contribution in [1.82, 2.24) is 5.48 Å². The van der Waals surface area contributed by atoms with Crippen molar-refractivity contribution in [3.63, 3.8) is 0 Å². The van der Waals surface area contributed by atoms with Crippen molar-refractivity contribution in [2.75, 3.05) is 19.8 Å². The summed E-state index contributed by atoms with van der Waals surface area (Å²) in [6.07, 6.45) is -6.56. The minimum atomic E-state index is -2.86. The van der Waals surface area contributed by atoms with E-state index in [1.807, 2.05) is 0 Å². The van der Waals surface area contributed by atoms with Crippen LogP contribution >= 0.6 is 0 Å². The number of hydrogen-bond donors (Lipinski definition) is 8. The second-order valence-electron chi connectivity index (χ2n) is 5.90. The van der Waals surface area contributed by atoms with E-state index in [9.17, 15) is 30.0 Å². The zero-order chi connectivity index (χ0) is 19.9. The van der Waals surface area contributed by atoms with E-state index in [0.29, 0.717) is 19.4 Å². The molecule has 0 amide bonds. The van der Waals surface area contributed by atoms with Gasteiger partial charge in [0.05, 0.1) is 6.61 Å². The van der Waals surface area contributed by atoms with E-state index < -0.39 is 61.2 Å². The van der Waals surface area contributed by atoms with Gasteiger partial charge in [-0.3, -0.25) is 9.59 Å². The summed E-state index contributed by atoms with van der Waals surface area (Å²) in [6, 6.07) is -1.31. The average Bonchev–Trinajstić information content (AvgIpc) is 2.64. The first kappa shape index (κ1) is 22.8. The molecule has 0 aliphatic carbocycles. The highest BCUT2D eigenvalue weighted by Crippen LogP contribution is 2.33. The molecule has 0 aromatic heterocycles. The van der Waals surface area contributed by atoms with Gasteiger partial charge < -0.3 is 45.9 Å². The highest BCUT2D eigenvalue weighted by Gasteiger charge is 2.60. The molecule has 152 valence electrons. The summed E-state index contributed by atoms with van der Waals surface area (Å²) in [5.41, 5.74) is 7.03. The molecule has 0 spiro atoms. The lowest BCUT2D eigenvalue weighted by atomic mass is 9.90. The third kappa shape index (κ3) is 4.73. The molecule has 1 aliphatic rings. The Bertz CT molecular complexity index is 477. The van der Waals surface area contributed by atoms with E-state index in [1.54, 1.807) is 5.48 Å². The van der Waals surface area contributed by atoms with Gasteiger partial charge >= 0.3 is 11.8 Å². The molecule has 1 heterocycles. The molecule has 1 rings (SSSR count). The first-order valence-corrected chi connectivity index (χ1v) is 8.08. The maximum absolute atomic E-state index is 12.3. The topological polar surface area (TPSA) is 212 Å². The molecule has 12 nitrogen and oxygen atoms in total. The van der Waals surface area contributed by atoms with Gasteiger partial charge in [-0.15, -0.1) is 0 Å². The van der Waals surface area contributed by atoms with Crippen LogP contribution in [-0.4, -0.2) is 98.5 Å². The number of ketones is 1. The number of hydrogen-bond acceptors (Lipinski definition) is 12. The molecule has 26 heavy (non-hydrogen) atoms. The number of nitrogens with one attached hydrogen (secondary N) is 1. The molecule has 12 heteroatoms. The van der Waals surface area contributed by atoms with E-state index in [0.717, 1.165) is 0 Å². The number of esters is 1. The first-order chi connectivity index (χ1) is 12.3. The molecule has 0 bridgehead atoms. The summed E-state index contributed by atoms with van der Waals surface area (Å²) >= 11 is 0. The molecule has 6 atom stereocenters. The van der Waals surface area contributed by atoms with E-state index >= 15 is 0 Å². The Morgan fingerprint density at radius 3 is 2.35 bits per heavy atom. The van der Waals surface area contributed by atoms with Gasteiger partial charge in [-0.25, -0.2) is 0 Å². The predicted octanol–water partition coefficient (Wildman–Crippen LogP) is -4.26. The Labute approximate surface area is 149 Å². The third-order valence-electron chi connectivity index (χ3n) is 4.12. The fourth-order valence-corrected chi connectivity index (χ4v) is 2.57. The van der Waals surface area contributed by atoms with Gasteiger partial charge in [-0.1, -0.05) is 0 Å². The van der Waals surface area contributed by atoms with E-state index in [1.165, 1.54) is 0 Å². The molecular formula is C14H26N2O10. The second kappa shape index (κ2) is 10.2. The molecule has 0 aromatic rings. The smallest absolute Gasteiger partial charge is 0.328 e. The summed E-state index contributed by atoms with van der Waals surface area (Å²) in [5, 5.41) is 57.3. The highest BCUT2D eigenvalue weighted by atomic mass is 16.7. The van der Waals surface area contributed by atoms with Crippen molar-refractivity contribution in [3.8, 4) is 0 Å². The van der Waals surface area contributed by atoms with Gasteiger partial charge in [0.25, 0.3) is 0 Å². The number of Topliss-reactive ketones (excluding diaryl/α,β-unsaturated/α-hetero) is 1. The van der Waals surface area contributed by atoms with Crippen LogP contribution in [0.15, 0.2) is 0 Å². The Hall–Kier alpha value is -1.22. The average molecular weight is 382 g/mol. The maximum atomic E-state index is 12.3. The molecule has 9 N–H and O–H groups in total. The van der Waals surface area contributed by atoms with Crippen LogP contribution in [0.1, 0.15) is 19.3 Å². The minimum Gasteiger partial charge on any atom is -0.421 e. The van der Waals surface area contributed by atoms with Gasteiger partial charge in [-0.05, 0) is 25.8 Å². The summed E-state index contributed by atoms with van der Waals surface area (Å²) in [5.74, 6) is -5.40.